The number of carbonyl (C=O) groups excluding carboxylic acids is 1. The van der Waals surface area contributed by atoms with Crippen LogP contribution in [0.2, 0.25) is 0 Å². The Labute approximate surface area is 160 Å². The summed E-state index contributed by atoms with van der Waals surface area (Å²) in [6.45, 7) is -0.663. The minimum absolute atomic E-state index is 0.0293. The van der Waals surface area contributed by atoms with Crippen molar-refractivity contribution >= 4 is 22.5 Å². The molecule has 1 aromatic heterocycles. The number of alkyl halides is 6. The first-order chi connectivity index (χ1) is 13.5. The number of urea groups is 1. The lowest BCUT2D eigenvalue weighted by Crippen LogP contribution is -2.36. The van der Waals surface area contributed by atoms with Crippen LogP contribution >= 0.6 is 0 Å². The molecule has 2 N–H and O–H groups in total. The molecule has 29 heavy (non-hydrogen) atoms. The highest BCUT2D eigenvalue weighted by Gasteiger charge is 2.38. The minimum Gasteiger partial charge on any atom is -0.351 e. The van der Waals surface area contributed by atoms with Gasteiger partial charge in [0.25, 0.3) is 0 Å². The van der Waals surface area contributed by atoms with Crippen LogP contribution in [0, 0.1) is 0 Å². The van der Waals surface area contributed by atoms with Crippen molar-refractivity contribution in [1.82, 2.24) is 4.98 Å². The number of rotatable bonds is 3. The van der Waals surface area contributed by atoms with Crippen molar-refractivity contribution in [3.05, 3.63) is 71.5 Å². The fourth-order valence-corrected chi connectivity index (χ4v) is 2.95. The number of hydrogen-bond donors (Lipinski definition) is 1. The maximum atomic E-state index is 13.4. The molecule has 152 valence electrons. The molecule has 0 bridgehead atoms. The van der Waals surface area contributed by atoms with Crippen LogP contribution in [-0.2, 0) is 18.9 Å². The zero-order valence-electron chi connectivity index (χ0n) is 14.6. The van der Waals surface area contributed by atoms with Crippen molar-refractivity contribution in [2.24, 2.45) is 5.73 Å². The number of hydrogen-bond acceptors (Lipinski definition) is 2. The minimum atomic E-state index is -5.05. The van der Waals surface area contributed by atoms with E-state index in [0.29, 0.717) is 22.9 Å². The second kappa shape index (κ2) is 7.26. The molecule has 3 aromatic rings. The fourth-order valence-electron chi connectivity index (χ4n) is 2.95. The quantitative estimate of drug-likeness (QED) is 0.588. The number of aromatic nitrogens is 1. The summed E-state index contributed by atoms with van der Waals surface area (Å²) >= 11 is 0. The Bertz CT molecular complexity index is 1060. The zero-order chi connectivity index (χ0) is 21.4. The van der Waals surface area contributed by atoms with Crippen LogP contribution in [0.25, 0.3) is 10.8 Å². The molecule has 2 aromatic carbocycles. The number of fused-ring (bicyclic) bond motifs is 1. The van der Waals surface area contributed by atoms with E-state index >= 15 is 0 Å². The first-order valence-corrected chi connectivity index (χ1v) is 8.15. The van der Waals surface area contributed by atoms with Crippen molar-refractivity contribution in [2.75, 3.05) is 4.90 Å². The van der Waals surface area contributed by atoms with Gasteiger partial charge in [-0.25, -0.2) is 4.79 Å². The molecule has 1 heterocycles. The van der Waals surface area contributed by atoms with Crippen molar-refractivity contribution < 1.29 is 31.1 Å². The number of amides is 2. The van der Waals surface area contributed by atoms with Crippen molar-refractivity contribution in [3.8, 4) is 0 Å². The van der Waals surface area contributed by atoms with Gasteiger partial charge in [-0.2, -0.15) is 26.3 Å². The van der Waals surface area contributed by atoms with Gasteiger partial charge in [0, 0.05) is 23.2 Å². The molecule has 0 radical (unpaired) electrons. The fraction of sp³-hybridized carbons (Fsp3) is 0.158. The Morgan fingerprint density at radius 3 is 2.34 bits per heavy atom. The van der Waals surface area contributed by atoms with Crippen LogP contribution in [-0.4, -0.2) is 11.0 Å². The highest BCUT2D eigenvalue weighted by Crippen LogP contribution is 2.38. The summed E-state index contributed by atoms with van der Waals surface area (Å²) < 4.78 is 78.8. The average molecular weight is 413 g/mol. The standard InChI is InChI=1S/C19H13F6N3O/c20-18(21,22)13-5-4-12(15(8-13)19(23,24)25)10-28(17(26)29)16-3-1-2-11-9-27-7-6-14(11)16/h1-9H,10H2,(H2,26,29). The third-order valence-electron chi connectivity index (χ3n) is 4.29. The lowest BCUT2D eigenvalue weighted by molar-refractivity contribution is -0.143. The maximum Gasteiger partial charge on any atom is 0.416 e. The van der Waals surface area contributed by atoms with E-state index in [4.69, 9.17) is 5.73 Å². The molecule has 3 rings (SSSR count). The molecule has 0 aliphatic heterocycles. The Balaban J connectivity index is 2.11. The molecule has 10 heteroatoms. The zero-order valence-corrected chi connectivity index (χ0v) is 14.6. The molecular weight excluding hydrogens is 400 g/mol. The highest BCUT2D eigenvalue weighted by molar-refractivity contribution is 6.02. The van der Waals surface area contributed by atoms with Crippen molar-refractivity contribution in [2.45, 2.75) is 18.9 Å². The number of benzene rings is 2. The van der Waals surface area contributed by atoms with E-state index in [9.17, 15) is 31.1 Å². The smallest absolute Gasteiger partial charge is 0.351 e. The van der Waals surface area contributed by atoms with E-state index in [-0.39, 0.29) is 11.8 Å². The van der Waals surface area contributed by atoms with Gasteiger partial charge in [0.05, 0.1) is 23.4 Å². The summed E-state index contributed by atoms with van der Waals surface area (Å²) in [5, 5.41) is 1.11. The van der Waals surface area contributed by atoms with Gasteiger partial charge in [0.2, 0.25) is 0 Å². The highest BCUT2D eigenvalue weighted by atomic mass is 19.4. The molecule has 0 saturated heterocycles. The molecule has 0 atom stereocenters. The molecule has 0 spiro atoms. The van der Waals surface area contributed by atoms with E-state index in [1.165, 1.54) is 18.5 Å². The van der Waals surface area contributed by atoms with E-state index in [1.54, 1.807) is 18.2 Å². The van der Waals surface area contributed by atoms with Gasteiger partial charge in [-0.1, -0.05) is 18.2 Å². The number of nitrogens with two attached hydrogens (primary N) is 1. The van der Waals surface area contributed by atoms with Crippen LogP contribution in [0.3, 0.4) is 0 Å². The Kier molecular flexibility index (Phi) is 5.12. The monoisotopic (exact) mass is 413 g/mol. The summed E-state index contributed by atoms with van der Waals surface area (Å²) in [5.74, 6) is 0. The Morgan fingerprint density at radius 2 is 1.72 bits per heavy atom. The lowest BCUT2D eigenvalue weighted by atomic mass is 10.0. The molecule has 0 aliphatic carbocycles. The Morgan fingerprint density at radius 1 is 1.00 bits per heavy atom. The molecule has 0 saturated carbocycles. The predicted octanol–water partition coefficient (Wildman–Crippen LogP) is 5.36. The van der Waals surface area contributed by atoms with Crippen LogP contribution in [0.1, 0.15) is 16.7 Å². The number of nitrogens with zero attached hydrogens (tertiary/aromatic N) is 2. The molecule has 0 aliphatic rings. The van der Waals surface area contributed by atoms with Crippen molar-refractivity contribution in [1.29, 1.82) is 0 Å². The normalized spacial score (nSPS) is 12.2. The molecule has 0 unspecified atom stereocenters. The topological polar surface area (TPSA) is 59.2 Å². The summed E-state index contributed by atoms with van der Waals surface area (Å²) in [6.07, 6.45) is -7.06. The van der Waals surface area contributed by atoms with Crippen LogP contribution in [0.5, 0.6) is 0 Å². The number of carbonyl (C=O) groups is 1. The second-order valence-corrected chi connectivity index (χ2v) is 6.17. The van der Waals surface area contributed by atoms with Gasteiger partial charge < -0.3 is 5.73 Å². The molecule has 0 fully saturated rings. The third-order valence-corrected chi connectivity index (χ3v) is 4.29. The second-order valence-electron chi connectivity index (χ2n) is 6.17. The van der Waals surface area contributed by atoms with Gasteiger partial charge in [0.15, 0.2) is 0 Å². The first-order valence-electron chi connectivity index (χ1n) is 8.15. The SMILES string of the molecule is NC(=O)N(Cc1ccc(C(F)(F)F)cc1C(F)(F)F)c1cccc2cnccc12. The van der Waals surface area contributed by atoms with Gasteiger partial charge in [-0.05, 0) is 29.8 Å². The van der Waals surface area contributed by atoms with Gasteiger partial charge >= 0.3 is 18.4 Å². The van der Waals surface area contributed by atoms with Gasteiger partial charge in [0.1, 0.15) is 0 Å². The van der Waals surface area contributed by atoms with Crippen molar-refractivity contribution in [3.63, 3.8) is 0 Å². The number of halogens is 6. The van der Waals surface area contributed by atoms with Crippen LogP contribution in [0.4, 0.5) is 36.8 Å². The number of anilines is 1. The van der Waals surface area contributed by atoms with Gasteiger partial charge in [-0.15, -0.1) is 0 Å². The summed E-state index contributed by atoms with van der Waals surface area (Å²) in [6, 6.07) is 6.49. The lowest BCUT2D eigenvalue weighted by Gasteiger charge is -2.24. The predicted molar refractivity (Wildman–Crippen MR) is 94.0 cm³/mol. The number of primary amides is 1. The summed E-state index contributed by atoms with van der Waals surface area (Å²) in [4.78, 5) is 16.8. The van der Waals surface area contributed by atoms with Gasteiger partial charge in [-0.3, -0.25) is 9.88 Å². The summed E-state index contributed by atoms with van der Waals surface area (Å²) in [5.41, 5.74) is 2.15. The Hall–Kier alpha value is -3.30. The molecule has 2 amide bonds. The first kappa shape index (κ1) is 20.4. The van der Waals surface area contributed by atoms with E-state index < -0.39 is 41.6 Å². The molecular formula is C19H13F6N3O. The third kappa shape index (κ3) is 4.25. The molecule has 4 nitrogen and oxygen atoms in total. The summed E-state index contributed by atoms with van der Waals surface area (Å²) in [7, 11) is 0. The van der Waals surface area contributed by atoms with E-state index in [2.05, 4.69) is 4.98 Å². The van der Waals surface area contributed by atoms with E-state index in [1.807, 2.05) is 0 Å². The number of pyridine rings is 1. The van der Waals surface area contributed by atoms with E-state index in [0.717, 1.165) is 4.90 Å². The maximum absolute atomic E-state index is 13.4. The van der Waals surface area contributed by atoms with Crippen LogP contribution < -0.4 is 10.6 Å². The average Bonchev–Trinajstić information content (AvgIpc) is 2.64. The largest absolute Gasteiger partial charge is 0.416 e. The van der Waals surface area contributed by atoms with Crippen LogP contribution in [0.15, 0.2) is 54.9 Å².